The van der Waals surface area contributed by atoms with Gasteiger partial charge in [-0.1, -0.05) is 24.6 Å². The van der Waals surface area contributed by atoms with Crippen molar-refractivity contribution in [3.8, 4) is 0 Å². The van der Waals surface area contributed by atoms with Crippen molar-refractivity contribution < 1.29 is 4.74 Å². The second kappa shape index (κ2) is 8.38. The zero-order chi connectivity index (χ0) is 14.4. The molecular weight excluding hydrogens is 338 g/mol. The highest BCUT2D eigenvalue weighted by atomic mass is 79.9. The quantitative estimate of drug-likeness (QED) is 0.730. The molecule has 1 N–H and O–H groups in total. The number of benzene rings is 1. The van der Waals surface area contributed by atoms with Crippen molar-refractivity contribution >= 4 is 27.5 Å². The van der Waals surface area contributed by atoms with Crippen molar-refractivity contribution in [2.45, 2.75) is 51.2 Å². The molecule has 112 valence electrons. The number of ether oxygens (including phenoxy) is 1. The lowest BCUT2D eigenvalue weighted by molar-refractivity contribution is 0.0996. The number of hydrogen-bond acceptors (Lipinski definition) is 2. The van der Waals surface area contributed by atoms with E-state index in [1.165, 1.54) is 18.4 Å². The summed E-state index contributed by atoms with van der Waals surface area (Å²) in [6.45, 7) is 4.16. The smallest absolute Gasteiger partial charge is 0.0576 e. The molecular formula is C16H23BrClNO. The summed E-state index contributed by atoms with van der Waals surface area (Å²) in [6.07, 6.45) is 6.23. The lowest BCUT2D eigenvalue weighted by atomic mass is 9.99. The molecule has 1 fully saturated rings. The van der Waals surface area contributed by atoms with Gasteiger partial charge in [-0.3, -0.25) is 0 Å². The predicted molar refractivity (Wildman–Crippen MR) is 88.4 cm³/mol. The molecule has 0 aromatic heterocycles. The Morgan fingerprint density at radius 3 is 3.00 bits per heavy atom. The van der Waals surface area contributed by atoms with Gasteiger partial charge in [0.05, 0.1) is 11.1 Å². The highest BCUT2D eigenvalue weighted by molar-refractivity contribution is 9.10. The SMILES string of the molecule is CCCNC(CCC1CCCO1)c1ccc(Br)c(Cl)c1. The van der Waals surface area contributed by atoms with E-state index in [1.54, 1.807) is 0 Å². The van der Waals surface area contributed by atoms with Gasteiger partial charge in [-0.15, -0.1) is 0 Å². The van der Waals surface area contributed by atoms with Gasteiger partial charge in [0.2, 0.25) is 0 Å². The number of hydrogen-bond donors (Lipinski definition) is 1. The molecule has 2 rings (SSSR count). The van der Waals surface area contributed by atoms with Gasteiger partial charge in [0.15, 0.2) is 0 Å². The molecule has 0 amide bonds. The Labute approximate surface area is 135 Å². The third-order valence-corrected chi connectivity index (χ3v) is 5.02. The molecule has 1 aliphatic rings. The molecule has 0 bridgehead atoms. The maximum atomic E-state index is 6.22. The van der Waals surface area contributed by atoms with Crippen molar-refractivity contribution in [2.75, 3.05) is 13.2 Å². The van der Waals surface area contributed by atoms with Crippen LogP contribution in [0.5, 0.6) is 0 Å². The van der Waals surface area contributed by atoms with E-state index in [1.807, 2.05) is 6.07 Å². The van der Waals surface area contributed by atoms with Crippen LogP contribution in [-0.2, 0) is 4.74 Å². The Morgan fingerprint density at radius 2 is 2.35 bits per heavy atom. The lowest BCUT2D eigenvalue weighted by Gasteiger charge is -2.21. The zero-order valence-corrected chi connectivity index (χ0v) is 14.3. The van der Waals surface area contributed by atoms with Crippen molar-refractivity contribution in [1.29, 1.82) is 0 Å². The van der Waals surface area contributed by atoms with Gasteiger partial charge >= 0.3 is 0 Å². The Kier molecular flexibility index (Phi) is 6.82. The van der Waals surface area contributed by atoms with E-state index in [0.717, 1.165) is 41.9 Å². The molecule has 0 spiro atoms. The molecule has 1 aliphatic heterocycles. The summed E-state index contributed by atoms with van der Waals surface area (Å²) in [7, 11) is 0. The van der Waals surface area contributed by atoms with E-state index in [0.29, 0.717) is 12.1 Å². The predicted octanol–water partition coefficient (Wildman–Crippen LogP) is 5.10. The summed E-state index contributed by atoms with van der Waals surface area (Å²) in [5, 5.41) is 4.41. The maximum Gasteiger partial charge on any atom is 0.0576 e. The van der Waals surface area contributed by atoms with Gasteiger partial charge in [-0.05, 0) is 72.3 Å². The van der Waals surface area contributed by atoms with E-state index in [-0.39, 0.29) is 0 Å². The van der Waals surface area contributed by atoms with E-state index < -0.39 is 0 Å². The number of rotatable bonds is 7. The van der Waals surface area contributed by atoms with Crippen LogP contribution in [0.25, 0.3) is 0 Å². The molecule has 20 heavy (non-hydrogen) atoms. The summed E-state index contributed by atoms with van der Waals surface area (Å²) >= 11 is 9.67. The fraction of sp³-hybridized carbons (Fsp3) is 0.625. The molecule has 0 aliphatic carbocycles. The van der Waals surface area contributed by atoms with Crippen LogP contribution < -0.4 is 5.32 Å². The summed E-state index contributed by atoms with van der Waals surface area (Å²) in [5.41, 5.74) is 1.27. The minimum atomic E-state index is 0.366. The Balaban J connectivity index is 1.99. The van der Waals surface area contributed by atoms with Crippen LogP contribution in [-0.4, -0.2) is 19.3 Å². The Morgan fingerprint density at radius 1 is 1.50 bits per heavy atom. The second-order valence-electron chi connectivity index (χ2n) is 5.39. The van der Waals surface area contributed by atoms with Crippen molar-refractivity contribution in [3.05, 3.63) is 33.3 Å². The van der Waals surface area contributed by atoms with Crippen LogP contribution in [0.3, 0.4) is 0 Å². The van der Waals surface area contributed by atoms with E-state index in [4.69, 9.17) is 16.3 Å². The maximum absolute atomic E-state index is 6.22. The summed E-state index contributed by atoms with van der Waals surface area (Å²) in [4.78, 5) is 0. The molecule has 1 aromatic rings. The first-order valence-electron chi connectivity index (χ1n) is 7.50. The van der Waals surface area contributed by atoms with E-state index >= 15 is 0 Å². The van der Waals surface area contributed by atoms with Crippen LogP contribution in [0, 0.1) is 0 Å². The standard InChI is InChI=1S/C16H23BrClNO/c1-2-9-19-16(8-6-13-4-3-10-20-13)12-5-7-14(17)15(18)11-12/h5,7,11,13,16,19H,2-4,6,8-10H2,1H3. The zero-order valence-electron chi connectivity index (χ0n) is 12.0. The normalized spacial score (nSPS) is 20.2. The van der Waals surface area contributed by atoms with Crippen LogP contribution in [0.4, 0.5) is 0 Å². The van der Waals surface area contributed by atoms with Crippen molar-refractivity contribution in [2.24, 2.45) is 0 Å². The third kappa shape index (κ3) is 4.73. The lowest BCUT2D eigenvalue weighted by Crippen LogP contribution is -2.23. The average molecular weight is 361 g/mol. The van der Waals surface area contributed by atoms with Crippen molar-refractivity contribution in [3.63, 3.8) is 0 Å². The Bertz CT molecular complexity index is 421. The monoisotopic (exact) mass is 359 g/mol. The van der Waals surface area contributed by atoms with Gasteiger partial charge in [0.1, 0.15) is 0 Å². The van der Waals surface area contributed by atoms with Crippen LogP contribution in [0.1, 0.15) is 50.6 Å². The molecule has 4 heteroatoms. The summed E-state index contributed by atoms with van der Waals surface area (Å²) in [6, 6.07) is 6.61. The highest BCUT2D eigenvalue weighted by Crippen LogP contribution is 2.29. The van der Waals surface area contributed by atoms with Crippen LogP contribution in [0.15, 0.2) is 22.7 Å². The van der Waals surface area contributed by atoms with Gasteiger partial charge < -0.3 is 10.1 Å². The first-order valence-corrected chi connectivity index (χ1v) is 8.67. The molecule has 1 saturated heterocycles. The molecule has 2 unspecified atom stereocenters. The first-order chi connectivity index (χ1) is 9.70. The van der Waals surface area contributed by atoms with Crippen LogP contribution >= 0.6 is 27.5 Å². The Hall–Kier alpha value is -0.0900. The summed E-state index contributed by atoms with van der Waals surface area (Å²) < 4.78 is 6.68. The fourth-order valence-electron chi connectivity index (χ4n) is 2.66. The van der Waals surface area contributed by atoms with Gasteiger partial charge in [0, 0.05) is 17.1 Å². The number of nitrogens with one attached hydrogen (secondary N) is 1. The second-order valence-corrected chi connectivity index (χ2v) is 6.65. The molecule has 0 radical (unpaired) electrons. The highest BCUT2D eigenvalue weighted by Gasteiger charge is 2.19. The summed E-state index contributed by atoms with van der Waals surface area (Å²) in [5.74, 6) is 0. The van der Waals surface area contributed by atoms with Gasteiger partial charge in [-0.25, -0.2) is 0 Å². The average Bonchev–Trinajstić information content (AvgIpc) is 2.95. The van der Waals surface area contributed by atoms with Crippen molar-refractivity contribution in [1.82, 2.24) is 5.32 Å². The van der Waals surface area contributed by atoms with Gasteiger partial charge in [0.25, 0.3) is 0 Å². The minimum Gasteiger partial charge on any atom is -0.378 e. The largest absolute Gasteiger partial charge is 0.378 e. The first kappa shape index (κ1) is 16.3. The minimum absolute atomic E-state index is 0.366. The molecule has 2 atom stereocenters. The topological polar surface area (TPSA) is 21.3 Å². The van der Waals surface area contributed by atoms with E-state index in [9.17, 15) is 0 Å². The molecule has 2 nitrogen and oxygen atoms in total. The molecule has 0 saturated carbocycles. The van der Waals surface area contributed by atoms with E-state index in [2.05, 4.69) is 40.3 Å². The van der Waals surface area contributed by atoms with Crippen LogP contribution in [0.2, 0.25) is 5.02 Å². The fourth-order valence-corrected chi connectivity index (χ4v) is 3.09. The molecule has 1 heterocycles. The molecule has 1 aromatic carbocycles. The number of halogens is 2. The third-order valence-electron chi connectivity index (χ3n) is 3.79. The van der Waals surface area contributed by atoms with Gasteiger partial charge in [-0.2, -0.15) is 0 Å².